The number of ether oxygens (including phenoxy) is 1. The van der Waals surface area contributed by atoms with Gasteiger partial charge in [-0.2, -0.15) is 0 Å². The van der Waals surface area contributed by atoms with Crippen molar-refractivity contribution in [2.75, 3.05) is 13.2 Å². The minimum absolute atomic E-state index is 0.00483. The Balaban J connectivity index is 3.42. The molecule has 1 amide bonds. The summed E-state index contributed by atoms with van der Waals surface area (Å²) < 4.78 is 5.48. The quantitative estimate of drug-likeness (QED) is 0.0321. The lowest BCUT2D eigenvalue weighted by Gasteiger charge is -2.22. The zero-order chi connectivity index (χ0) is 45.8. The Hall–Kier alpha value is -1.40. The molecule has 2 atom stereocenters. The predicted octanol–water partition coefficient (Wildman–Crippen LogP) is 17.3. The van der Waals surface area contributed by atoms with E-state index in [2.05, 4.69) is 31.3 Å². The lowest BCUT2D eigenvalue weighted by atomic mass is 10.0. The van der Waals surface area contributed by atoms with Crippen molar-refractivity contribution < 1.29 is 24.5 Å². The molecule has 0 aromatic carbocycles. The summed E-state index contributed by atoms with van der Waals surface area (Å²) in [6, 6.07) is -0.548. The predicted molar refractivity (Wildman–Crippen MR) is 273 cm³/mol. The first kappa shape index (κ1) is 61.6. The summed E-state index contributed by atoms with van der Waals surface area (Å²) in [6.07, 6.45) is 61.9. The lowest BCUT2D eigenvalue weighted by molar-refractivity contribution is -0.143. The van der Waals surface area contributed by atoms with Crippen molar-refractivity contribution in [3.63, 3.8) is 0 Å². The van der Waals surface area contributed by atoms with Gasteiger partial charge < -0.3 is 20.3 Å². The van der Waals surface area contributed by atoms with Crippen molar-refractivity contribution in [2.24, 2.45) is 0 Å². The number of carbonyl (C=O) groups excluding carboxylic acids is 2. The van der Waals surface area contributed by atoms with E-state index in [9.17, 15) is 19.8 Å². The van der Waals surface area contributed by atoms with Crippen LogP contribution < -0.4 is 5.32 Å². The number of esters is 1. The van der Waals surface area contributed by atoms with Gasteiger partial charge in [-0.15, -0.1) is 0 Å². The van der Waals surface area contributed by atoms with E-state index in [0.29, 0.717) is 25.9 Å². The molecule has 374 valence electrons. The molecule has 0 rings (SSSR count). The number of nitrogens with one attached hydrogen (secondary N) is 1. The summed E-state index contributed by atoms with van der Waals surface area (Å²) >= 11 is 0. The molecule has 0 aliphatic rings. The van der Waals surface area contributed by atoms with Crippen LogP contribution in [0.25, 0.3) is 0 Å². The molecule has 0 spiro atoms. The molecule has 3 N–H and O–H groups in total. The number of hydrogen-bond donors (Lipinski definition) is 3. The number of hydrogen-bond acceptors (Lipinski definition) is 5. The third-order valence-electron chi connectivity index (χ3n) is 13.3. The van der Waals surface area contributed by atoms with Gasteiger partial charge in [0.15, 0.2) is 0 Å². The maximum Gasteiger partial charge on any atom is 0.305 e. The van der Waals surface area contributed by atoms with E-state index in [-0.39, 0.29) is 18.5 Å². The van der Waals surface area contributed by atoms with E-state index < -0.39 is 12.1 Å². The average molecular weight is 891 g/mol. The van der Waals surface area contributed by atoms with Crippen molar-refractivity contribution in [1.82, 2.24) is 5.32 Å². The van der Waals surface area contributed by atoms with Crippen molar-refractivity contribution >= 4 is 11.9 Å². The molecule has 0 saturated carbocycles. The molecule has 0 radical (unpaired) electrons. The van der Waals surface area contributed by atoms with Crippen LogP contribution in [0.3, 0.4) is 0 Å². The van der Waals surface area contributed by atoms with Gasteiger partial charge in [-0.25, -0.2) is 0 Å². The van der Waals surface area contributed by atoms with Gasteiger partial charge in [-0.05, 0) is 51.4 Å². The Morgan fingerprint density at radius 2 is 0.746 bits per heavy atom. The molecule has 2 unspecified atom stereocenters. The Bertz CT molecular complexity index is 939. The monoisotopic (exact) mass is 890 g/mol. The minimum atomic E-state index is -0.670. The van der Waals surface area contributed by atoms with Gasteiger partial charge in [0.2, 0.25) is 5.91 Å². The van der Waals surface area contributed by atoms with Gasteiger partial charge >= 0.3 is 5.97 Å². The highest BCUT2D eigenvalue weighted by atomic mass is 16.5. The summed E-state index contributed by atoms with van der Waals surface area (Å²) in [5, 5.41) is 23.3. The smallest absolute Gasteiger partial charge is 0.305 e. The number of aliphatic hydroxyl groups is 2. The average Bonchev–Trinajstić information content (AvgIpc) is 3.28. The SMILES string of the molecule is CCCCCCCC/C=C\CCCCCCCCCC(=O)OCCCCCCCCCCCCCCCCC(=O)NC(CO)C(O)CCCCCCCCCCCCCCCCC. The van der Waals surface area contributed by atoms with Gasteiger partial charge in [0, 0.05) is 12.8 Å². The molecular formula is C57H111NO5. The van der Waals surface area contributed by atoms with Crippen LogP contribution in [0.1, 0.15) is 316 Å². The van der Waals surface area contributed by atoms with E-state index in [0.717, 1.165) is 51.4 Å². The molecule has 0 aliphatic carbocycles. The molecular weight excluding hydrogens is 779 g/mol. The molecule has 0 aromatic rings. The molecule has 63 heavy (non-hydrogen) atoms. The van der Waals surface area contributed by atoms with Gasteiger partial charge in [-0.3, -0.25) is 9.59 Å². The topological polar surface area (TPSA) is 95.9 Å². The number of carbonyl (C=O) groups is 2. The van der Waals surface area contributed by atoms with Crippen LogP contribution in [-0.2, 0) is 14.3 Å². The summed E-state index contributed by atoms with van der Waals surface area (Å²) in [5.41, 5.74) is 0. The summed E-state index contributed by atoms with van der Waals surface area (Å²) in [5.74, 6) is -0.0485. The Morgan fingerprint density at radius 3 is 1.13 bits per heavy atom. The number of rotatable bonds is 53. The first-order chi connectivity index (χ1) is 31.0. The molecule has 0 fully saturated rings. The van der Waals surface area contributed by atoms with Crippen LogP contribution in [0.2, 0.25) is 0 Å². The van der Waals surface area contributed by atoms with Gasteiger partial charge in [-0.1, -0.05) is 264 Å². The van der Waals surface area contributed by atoms with Gasteiger partial charge in [0.1, 0.15) is 0 Å². The second kappa shape index (κ2) is 53.2. The molecule has 0 bridgehead atoms. The standard InChI is InChI=1S/C57H111NO5/c1-3-5-7-9-11-13-15-17-19-20-22-27-31-35-39-43-47-51-57(62)63-52-48-44-40-36-32-28-24-23-26-30-34-38-42-46-50-56(61)58-54(53-59)55(60)49-45-41-37-33-29-25-21-18-16-14-12-10-8-6-4-2/h17,19,54-55,59-60H,3-16,18,20-53H2,1-2H3,(H,58,61)/b19-17-. The molecule has 0 aromatic heterocycles. The second-order valence-electron chi connectivity index (χ2n) is 19.6. The van der Waals surface area contributed by atoms with Gasteiger partial charge in [0.25, 0.3) is 0 Å². The highest BCUT2D eigenvalue weighted by Crippen LogP contribution is 2.17. The Morgan fingerprint density at radius 1 is 0.429 bits per heavy atom. The van der Waals surface area contributed by atoms with E-state index >= 15 is 0 Å². The number of amides is 1. The third-order valence-corrected chi connectivity index (χ3v) is 13.3. The van der Waals surface area contributed by atoms with Crippen molar-refractivity contribution in [2.45, 2.75) is 328 Å². The van der Waals surface area contributed by atoms with E-state index in [4.69, 9.17) is 4.74 Å². The maximum absolute atomic E-state index is 12.5. The van der Waals surface area contributed by atoms with Crippen LogP contribution in [0.5, 0.6) is 0 Å². The van der Waals surface area contributed by atoms with Crippen molar-refractivity contribution in [3.05, 3.63) is 12.2 Å². The second-order valence-corrected chi connectivity index (χ2v) is 19.6. The molecule has 6 heteroatoms. The molecule has 0 heterocycles. The highest BCUT2D eigenvalue weighted by Gasteiger charge is 2.20. The normalized spacial score (nSPS) is 12.6. The Kier molecular flexibility index (Phi) is 52.0. The largest absolute Gasteiger partial charge is 0.466 e. The van der Waals surface area contributed by atoms with Crippen LogP contribution in [0.4, 0.5) is 0 Å². The first-order valence-electron chi connectivity index (χ1n) is 28.4. The molecule has 6 nitrogen and oxygen atoms in total. The summed E-state index contributed by atoms with van der Waals surface area (Å²) in [6.45, 7) is 4.94. The summed E-state index contributed by atoms with van der Waals surface area (Å²) in [4.78, 5) is 24.5. The van der Waals surface area contributed by atoms with Crippen LogP contribution in [-0.4, -0.2) is 47.4 Å². The fourth-order valence-corrected chi connectivity index (χ4v) is 8.93. The summed E-state index contributed by atoms with van der Waals surface area (Å²) in [7, 11) is 0. The number of unbranched alkanes of at least 4 members (excludes halogenated alkanes) is 40. The van der Waals surface area contributed by atoms with Crippen LogP contribution in [0, 0.1) is 0 Å². The van der Waals surface area contributed by atoms with Crippen molar-refractivity contribution in [1.29, 1.82) is 0 Å². The van der Waals surface area contributed by atoms with E-state index in [1.54, 1.807) is 0 Å². The maximum atomic E-state index is 12.5. The third kappa shape index (κ3) is 49.9. The highest BCUT2D eigenvalue weighted by molar-refractivity contribution is 5.76. The van der Waals surface area contributed by atoms with Crippen molar-refractivity contribution in [3.8, 4) is 0 Å². The van der Waals surface area contributed by atoms with Gasteiger partial charge in [0.05, 0.1) is 25.4 Å². The zero-order valence-electron chi connectivity index (χ0n) is 42.6. The zero-order valence-corrected chi connectivity index (χ0v) is 42.6. The molecule has 0 saturated heterocycles. The Labute approximate surface area is 393 Å². The van der Waals surface area contributed by atoms with E-state index in [1.807, 2.05) is 0 Å². The van der Waals surface area contributed by atoms with Crippen LogP contribution >= 0.6 is 0 Å². The number of allylic oxidation sites excluding steroid dienone is 2. The minimum Gasteiger partial charge on any atom is -0.466 e. The molecule has 0 aliphatic heterocycles. The van der Waals surface area contributed by atoms with E-state index in [1.165, 1.54) is 231 Å². The van der Waals surface area contributed by atoms with Crippen LogP contribution in [0.15, 0.2) is 12.2 Å². The fraction of sp³-hybridized carbons (Fsp3) is 0.930. The lowest BCUT2D eigenvalue weighted by Crippen LogP contribution is -2.45. The first-order valence-corrected chi connectivity index (χ1v) is 28.4. The fourth-order valence-electron chi connectivity index (χ4n) is 8.93. The number of aliphatic hydroxyl groups excluding tert-OH is 2.